The molecule has 0 radical (unpaired) electrons. The van der Waals surface area contributed by atoms with Crippen LogP contribution >= 0.6 is 0 Å². The topological polar surface area (TPSA) is 25.8 Å². The van der Waals surface area contributed by atoms with E-state index in [1.54, 1.807) is 0 Å². The van der Waals surface area contributed by atoms with Crippen molar-refractivity contribution in [2.24, 2.45) is 0 Å². The summed E-state index contributed by atoms with van der Waals surface area (Å²) in [7, 11) is 0. The molecule has 8 rings (SSSR count). The molecule has 0 N–H and O–H groups in total. The number of nitrogens with zero attached hydrogens (tertiary/aromatic N) is 2. The maximum Gasteiger partial charge on any atom is 0.0972 e. The standard InChI is InChI=1S/C34H20N2/c1-2-10-29-26(8-1)27-9-3-4-11-30(27)36-34(29)31-20-24(18-19-35-31)25-16-14-23-13-12-21-6-5-7-22-15-17-28(25)33(23)32(21)22/h1-20H. The Morgan fingerprint density at radius 2 is 1.17 bits per heavy atom. The van der Waals surface area contributed by atoms with Crippen LogP contribution in [0.4, 0.5) is 0 Å². The van der Waals surface area contributed by atoms with Crippen molar-refractivity contribution < 1.29 is 0 Å². The molecule has 0 saturated carbocycles. The summed E-state index contributed by atoms with van der Waals surface area (Å²) >= 11 is 0. The lowest BCUT2D eigenvalue weighted by molar-refractivity contribution is 1.29. The minimum absolute atomic E-state index is 0.889. The Kier molecular flexibility index (Phi) is 3.97. The van der Waals surface area contributed by atoms with Crippen molar-refractivity contribution >= 4 is 54.0 Å². The Labute approximate surface area is 207 Å². The first kappa shape index (κ1) is 19.5. The first-order chi connectivity index (χ1) is 17.8. The van der Waals surface area contributed by atoms with Crippen molar-refractivity contribution in [2.45, 2.75) is 0 Å². The molecule has 2 aromatic heterocycles. The SMILES string of the molecule is c1cc2ccc3ccc(-c4ccnc(-c5nc6ccccc6c6ccccc56)c4)c4ccc(c1)c2c34. The number of rotatable bonds is 2. The van der Waals surface area contributed by atoms with E-state index in [2.05, 4.69) is 109 Å². The fourth-order valence-corrected chi connectivity index (χ4v) is 5.81. The maximum absolute atomic E-state index is 5.07. The maximum atomic E-state index is 5.07. The zero-order valence-corrected chi connectivity index (χ0v) is 19.4. The van der Waals surface area contributed by atoms with E-state index in [-0.39, 0.29) is 0 Å². The van der Waals surface area contributed by atoms with Crippen molar-refractivity contribution in [3.05, 3.63) is 121 Å². The predicted molar refractivity (Wildman–Crippen MR) is 152 cm³/mol. The van der Waals surface area contributed by atoms with Gasteiger partial charge in [0.1, 0.15) is 0 Å². The third-order valence-corrected chi connectivity index (χ3v) is 7.45. The van der Waals surface area contributed by atoms with Gasteiger partial charge in [0.15, 0.2) is 0 Å². The third kappa shape index (κ3) is 2.73. The fourth-order valence-electron chi connectivity index (χ4n) is 5.81. The Morgan fingerprint density at radius 3 is 2.03 bits per heavy atom. The van der Waals surface area contributed by atoms with Crippen LogP contribution in [0.15, 0.2) is 121 Å². The molecule has 0 bridgehead atoms. The summed E-state index contributed by atoms with van der Waals surface area (Å²) < 4.78 is 0. The average molecular weight is 457 g/mol. The van der Waals surface area contributed by atoms with Crippen molar-refractivity contribution in [1.82, 2.24) is 9.97 Å². The van der Waals surface area contributed by atoms with E-state index in [4.69, 9.17) is 9.97 Å². The molecule has 0 saturated heterocycles. The largest absolute Gasteiger partial charge is 0.255 e. The third-order valence-electron chi connectivity index (χ3n) is 7.45. The molecule has 6 aromatic carbocycles. The number of pyridine rings is 2. The van der Waals surface area contributed by atoms with Gasteiger partial charge in [0, 0.05) is 17.0 Å². The van der Waals surface area contributed by atoms with E-state index in [1.165, 1.54) is 48.7 Å². The minimum Gasteiger partial charge on any atom is -0.255 e. The molecule has 0 aliphatic carbocycles. The highest BCUT2D eigenvalue weighted by molar-refractivity contribution is 6.25. The Balaban J connectivity index is 1.40. The summed E-state index contributed by atoms with van der Waals surface area (Å²) in [4.78, 5) is 9.87. The number of fused-ring (bicyclic) bond motifs is 3. The van der Waals surface area contributed by atoms with Gasteiger partial charge in [0.2, 0.25) is 0 Å². The zero-order valence-electron chi connectivity index (χ0n) is 19.4. The number of benzene rings is 6. The van der Waals surface area contributed by atoms with Gasteiger partial charge in [-0.3, -0.25) is 4.98 Å². The van der Waals surface area contributed by atoms with E-state index in [9.17, 15) is 0 Å². The van der Waals surface area contributed by atoms with Gasteiger partial charge in [-0.2, -0.15) is 0 Å². The Hall–Kier alpha value is -4.82. The quantitative estimate of drug-likeness (QED) is 0.243. The van der Waals surface area contributed by atoms with E-state index in [0.717, 1.165) is 27.9 Å². The summed E-state index contributed by atoms with van der Waals surface area (Å²) in [5.41, 5.74) is 5.16. The van der Waals surface area contributed by atoms with E-state index in [0.29, 0.717) is 0 Å². The highest BCUT2D eigenvalue weighted by Gasteiger charge is 2.15. The summed E-state index contributed by atoms with van der Waals surface area (Å²) in [5, 5.41) is 11.3. The highest BCUT2D eigenvalue weighted by Crippen LogP contribution is 2.40. The number of hydrogen-bond donors (Lipinski definition) is 0. The number of hydrogen-bond acceptors (Lipinski definition) is 2. The Morgan fingerprint density at radius 1 is 0.472 bits per heavy atom. The molecule has 166 valence electrons. The smallest absolute Gasteiger partial charge is 0.0972 e. The fraction of sp³-hybridized carbons (Fsp3) is 0. The predicted octanol–water partition coefficient (Wildman–Crippen LogP) is 9.01. The van der Waals surface area contributed by atoms with Crippen LogP contribution in [0.5, 0.6) is 0 Å². The van der Waals surface area contributed by atoms with E-state index in [1.807, 2.05) is 12.3 Å². The molecule has 0 atom stereocenters. The van der Waals surface area contributed by atoms with Gasteiger partial charge in [-0.15, -0.1) is 0 Å². The summed E-state index contributed by atoms with van der Waals surface area (Å²) in [6, 6.07) is 41.1. The molecule has 0 aliphatic heterocycles. The Bertz CT molecular complexity index is 2090. The van der Waals surface area contributed by atoms with Crippen LogP contribution in [0.25, 0.3) is 76.5 Å². The lowest BCUT2D eigenvalue weighted by atomic mass is 9.90. The molecule has 8 aromatic rings. The van der Waals surface area contributed by atoms with Gasteiger partial charge in [-0.25, -0.2) is 4.98 Å². The molecule has 36 heavy (non-hydrogen) atoms. The summed E-state index contributed by atoms with van der Waals surface area (Å²) in [6.45, 7) is 0. The number of aromatic nitrogens is 2. The van der Waals surface area contributed by atoms with E-state index >= 15 is 0 Å². The second kappa shape index (κ2) is 7.34. The van der Waals surface area contributed by atoms with Crippen LogP contribution in [0.2, 0.25) is 0 Å². The van der Waals surface area contributed by atoms with Crippen molar-refractivity contribution in [1.29, 1.82) is 0 Å². The first-order valence-corrected chi connectivity index (χ1v) is 12.3. The normalized spacial score (nSPS) is 11.9. The monoisotopic (exact) mass is 456 g/mol. The van der Waals surface area contributed by atoms with Crippen LogP contribution in [0, 0.1) is 0 Å². The molecule has 2 heteroatoms. The van der Waals surface area contributed by atoms with Crippen LogP contribution in [0.1, 0.15) is 0 Å². The summed E-state index contributed by atoms with van der Waals surface area (Å²) in [5.74, 6) is 0. The second-order valence-corrected chi connectivity index (χ2v) is 9.42. The van der Waals surface area contributed by atoms with Gasteiger partial charge in [-0.1, -0.05) is 97.1 Å². The van der Waals surface area contributed by atoms with Crippen molar-refractivity contribution in [3.8, 4) is 22.5 Å². The van der Waals surface area contributed by atoms with Gasteiger partial charge in [0.25, 0.3) is 0 Å². The second-order valence-electron chi connectivity index (χ2n) is 9.42. The average Bonchev–Trinajstić information content (AvgIpc) is 2.95. The van der Waals surface area contributed by atoms with Crippen LogP contribution in [-0.2, 0) is 0 Å². The van der Waals surface area contributed by atoms with Crippen LogP contribution < -0.4 is 0 Å². The molecule has 0 aliphatic rings. The molecule has 2 nitrogen and oxygen atoms in total. The molecule has 2 heterocycles. The number of para-hydroxylation sites is 1. The molecule has 0 unspecified atom stereocenters. The minimum atomic E-state index is 0.889. The highest BCUT2D eigenvalue weighted by atomic mass is 14.8. The van der Waals surface area contributed by atoms with Crippen molar-refractivity contribution in [3.63, 3.8) is 0 Å². The lowest BCUT2D eigenvalue weighted by Gasteiger charge is -2.15. The van der Waals surface area contributed by atoms with Crippen LogP contribution in [-0.4, -0.2) is 9.97 Å². The molecular formula is C34H20N2. The van der Waals surface area contributed by atoms with Gasteiger partial charge < -0.3 is 0 Å². The molecule has 0 fully saturated rings. The summed E-state index contributed by atoms with van der Waals surface area (Å²) in [6.07, 6.45) is 1.91. The van der Waals surface area contributed by atoms with Gasteiger partial charge >= 0.3 is 0 Å². The van der Waals surface area contributed by atoms with Crippen LogP contribution in [0.3, 0.4) is 0 Å². The molecular weight excluding hydrogens is 436 g/mol. The molecule has 0 amide bonds. The molecule has 0 spiro atoms. The van der Waals surface area contributed by atoms with Crippen molar-refractivity contribution in [2.75, 3.05) is 0 Å². The zero-order chi connectivity index (χ0) is 23.6. The van der Waals surface area contributed by atoms with Gasteiger partial charge in [0.05, 0.1) is 16.9 Å². The lowest BCUT2D eigenvalue weighted by Crippen LogP contribution is -1.93. The van der Waals surface area contributed by atoms with Gasteiger partial charge in [-0.05, 0) is 67.0 Å². The van der Waals surface area contributed by atoms with E-state index < -0.39 is 0 Å². The first-order valence-electron chi connectivity index (χ1n) is 12.3.